The van der Waals surface area contributed by atoms with Crippen molar-refractivity contribution in [3.8, 4) is 0 Å². The molecule has 0 saturated heterocycles. The molecule has 2 atom stereocenters. The average Bonchev–Trinajstić information content (AvgIpc) is 3.25. The number of Topliss-reactive ketones (excluding diaryl/α,β-unsaturated/α-hetero) is 2. The maximum absolute atomic E-state index is 13.3. The van der Waals surface area contributed by atoms with E-state index in [1.54, 1.807) is 29.5 Å². The van der Waals surface area contributed by atoms with E-state index >= 15 is 0 Å². The van der Waals surface area contributed by atoms with Crippen LogP contribution in [0.2, 0.25) is 0 Å². The monoisotopic (exact) mass is 505 g/mol. The SMILES string of the molecule is CC(C)CC(NS(=O)(=O)c1ccccc1)C(=O)CC1CCc2ncc(s2)CCCNC(=O)C1=O. The van der Waals surface area contributed by atoms with E-state index in [1.165, 1.54) is 12.1 Å². The highest BCUT2D eigenvalue weighted by atomic mass is 32.2. The molecule has 34 heavy (non-hydrogen) atoms. The van der Waals surface area contributed by atoms with Crippen LogP contribution in [0.1, 0.15) is 49.4 Å². The number of hydrogen-bond acceptors (Lipinski definition) is 7. The minimum Gasteiger partial charge on any atom is -0.349 e. The number of ketones is 2. The molecule has 2 bridgehead atoms. The van der Waals surface area contributed by atoms with Crippen molar-refractivity contribution in [2.45, 2.75) is 63.3 Å². The van der Waals surface area contributed by atoms with Gasteiger partial charge in [0.25, 0.3) is 5.91 Å². The van der Waals surface area contributed by atoms with Gasteiger partial charge in [0.15, 0.2) is 5.78 Å². The fourth-order valence-electron chi connectivity index (χ4n) is 3.90. The molecule has 0 fully saturated rings. The molecule has 184 valence electrons. The van der Waals surface area contributed by atoms with Gasteiger partial charge in [0, 0.05) is 36.4 Å². The van der Waals surface area contributed by atoms with Crippen LogP contribution < -0.4 is 10.0 Å². The van der Waals surface area contributed by atoms with Crippen molar-refractivity contribution < 1.29 is 22.8 Å². The molecule has 1 aliphatic heterocycles. The van der Waals surface area contributed by atoms with E-state index in [2.05, 4.69) is 15.0 Å². The van der Waals surface area contributed by atoms with E-state index in [4.69, 9.17) is 0 Å². The van der Waals surface area contributed by atoms with Crippen LogP contribution in [0.3, 0.4) is 0 Å². The smallest absolute Gasteiger partial charge is 0.287 e. The molecule has 3 rings (SSSR count). The van der Waals surface area contributed by atoms with Crippen LogP contribution in [0, 0.1) is 11.8 Å². The Bertz CT molecular complexity index is 1110. The number of aromatic nitrogens is 1. The number of thiazole rings is 1. The molecule has 2 aromatic rings. The van der Waals surface area contributed by atoms with Crippen LogP contribution in [0.25, 0.3) is 0 Å². The highest BCUT2D eigenvalue weighted by molar-refractivity contribution is 7.89. The molecule has 2 heterocycles. The summed E-state index contributed by atoms with van der Waals surface area (Å²) in [6.07, 6.45) is 4.15. The number of nitrogens with zero attached hydrogens (tertiary/aromatic N) is 1. The van der Waals surface area contributed by atoms with Gasteiger partial charge in [0.05, 0.1) is 15.9 Å². The summed E-state index contributed by atoms with van der Waals surface area (Å²) in [5.41, 5.74) is 0. The third-order valence-corrected chi connectivity index (χ3v) is 8.29. The Kier molecular flexibility index (Phi) is 9.10. The molecule has 2 N–H and O–H groups in total. The summed E-state index contributed by atoms with van der Waals surface area (Å²) in [5.74, 6) is -2.53. The zero-order valence-corrected chi connectivity index (χ0v) is 21.1. The number of aryl methyl sites for hydroxylation is 2. The highest BCUT2D eigenvalue weighted by Gasteiger charge is 2.32. The van der Waals surface area contributed by atoms with Crippen LogP contribution in [-0.2, 0) is 37.2 Å². The van der Waals surface area contributed by atoms with Crippen molar-refractivity contribution in [2.24, 2.45) is 11.8 Å². The predicted octanol–water partition coefficient (Wildman–Crippen LogP) is 2.68. The molecule has 10 heteroatoms. The molecule has 2 unspecified atom stereocenters. The molecule has 0 aliphatic carbocycles. The largest absolute Gasteiger partial charge is 0.349 e. The number of sulfonamides is 1. The second-order valence-electron chi connectivity index (χ2n) is 8.97. The Morgan fingerprint density at radius 2 is 1.94 bits per heavy atom. The highest BCUT2D eigenvalue weighted by Crippen LogP contribution is 2.23. The first-order valence-corrected chi connectivity index (χ1v) is 13.8. The minimum atomic E-state index is -3.92. The summed E-state index contributed by atoms with van der Waals surface area (Å²) in [6, 6.07) is 6.86. The molecular formula is C24H31N3O5S2. The lowest BCUT2D eigenvalue weighted by atomic mass is 9.88. The number of carbonyl (C=O) groups is 3. The quantitative estimate of drug-likeness (QED) is 0.532. The van der Waals surface area contributed by atoms with Crippen LogP contribution in [0.4, 0.5) is 0 Å². The summed E-state index contributed by atoms with van der Waals surface area (Å²) in [4.78, 5) is 44.2. The normalized spacial score (nSPS) is 18.6. The summed E-state index contributed by atoms with van der Waals surface area (Å²) in [7, 11) is -3.92. The molecule has 0 saturated carbocycles. The first kappa shape index (κ1) is 26.2. The first-order valence-electron chi connectivity index (χ1n) is 11.5. The third kappa shape index (κ3) is 7.28. The second kappa shape index (κ2) is 11.8. The van der Waals surface area contributed by atoms with Crippen LogP contribution in [0.5, 0.6) is 0 Å². The Morgan fingerprint density at radius 3 is 2.65 bits per heavy atom. The van der Waals surface area contributed by atoms with E-state index in [0.717, 1.165) is 16.3 Å². The molecule has 0 spiro atoms. The van der Waals surface area contributed by atoms with Crippen LogP contribution in [-0.4, -0.2) is 43.5 Å². The van der Waals surface area contributed by atoms with Crippen molar-refractivity contribution in [2.75, 3.05) is 6.54 Å². The molecular weight excluding hydrogens is 474 g/mol. The average molecular weight is 506 g/mol. The number of carbonyl (C=O) groups excluding carboxylic acids is 3. The molecule has 1 amide bonds. The number of nitrogens with one attached hydrogen (secondary N) is 2. The fourth-order valence-corrected chi connectivity index (χ4v) is 6.13. The Hall–Kier alpha value is -2.43. The van der Waals surface area contributed by atoms with Gasteiger partial charge in [0.1, 0.15) is 0 Å². The van der Waals surface area contributed by atoms with Crippen molar-refractivity contribution in [3.05, 3.63) is 46.4 Å². The van der Waals surface area contributed by atoms with Crippen molar-refractivity contribution >= 4 is 38.8 Å². The van der Waals surface area contributed by atoms with Gasteiger partial charge in [-0.05, 0) is 43.7 Å². The van der Waals surface area contributed by atoms with Gasteiger partial charge in [-0.25, -0.2) is 18.1 Å². The predicted molar refractivity (Wildman–Crippen MR) is 130 cm³/mol. The minimum absolute atomic E-state index is 0.0384. The van der Waals surface area contributed by atoms with E-state index < -0.39 is 39.5 Å². The molecule has 1 aliphatic rings. The zero-order chi connectivity index (χ0) is 24.7. The van der Waals surface area contributed by atoms with Gasteiger partial charge in [-0.2, -0.15) is 0 Å². The van der Waals surface area contributed by atoms with E-state index in [0.29, 0.717) is 25.8 Å². The van der Waals surface area contributed by atoms with Gasteiger partial charge in [-0.1, -0.05) is 32.0 Å². The number of rotatable bonds is 8. The molecule has 1 aromatic carbocycles. The van der Waals surface area contributed by atoms with Gasteiger partial charge in [-0.3, -0.25) is 14.4 Å². The Labute approximate surface area is 204 Å². The topological polar surface area (TPSA) is 122 Å². The first-order chi connectivity index (χ1) is 16.2. The second-order valence-corrected chi connectivity index (χ2v) is 11.9. The number of fused-ring (bicyclic) bond motifs is 2. The lowest BCUT2D eigenvalue weighted by molar-refractivity contribution is -0.141. The fraction of sp³-hybridized carbons (Fsp3) is 0.500. The number of benzene rings is 1. The summed E-state index contributed by atoms with van der Waals surface area (Å²) < 4.78 is 28.2. The van der Waals surface area contributed by atoms with Gasteiger partial charge >= 0.3 is 0 Å². The lowest BCUT2D eigenvalue weighted by Gasteiger charge is -2.22. The van der Waals surface area contributed by atoms with Crippen molar-refractivity contribution in [3.63, 3.8) is 0 Å². The number of amides is 1. The number of hydrogen-bond donors (Lipinski definition) is 2. The van der Waals surface area contributed by atoms with E-state index in [9.17, 15) is 22.8 Å². The molecule has 0 radical (unpaired) electrons. The van der Waals surface area contributed by atoms with Gasteiger partial charge < -0.3 is 5.32 Å². The maximum Gasteiger partial charge on any atom is 0.287 e. The standard InChI is InChI=1S/C24H31N3O5S2/c1-16(2)13-20(27-34(31,32)19-8-4-3-5-9-19)21(28)14-17-10-11-22-26-15-18(33-22)7-6-12-25-24(30)23(17)29/h3-5,8-9,15-17,20,27H,6-7,10-14H2,1-2H3,(H,25,30). The van der Waals surface area contributed by atoms with Crippen molar-refractivity contribution in [1.29, 1.82) is 0 Å². The molecule has 8 nitrogen and oxygen atoms in total. The van der Waals surface area contributed by atoms with Gasteiger partial charge in [-0.15, -0.1) is 11.3 Å². The maximum atomic E-state index is 13.3. The zero-order valence-electron chi connectivity index (χ0n) is 19.5. The van der Waals surface area contributed by atoms with Crippen molar-refractivity contribution in [1.82, 2.24) is 15.0 Å². The summed E-state index contributed by atoms with van der Waals surface area (Å²) in [5, 5.41) is 3.51. The van der Waals surface area contributed by atoms with Crippen LogP contribution in [0.15, 0.2) is 41.4 Å². The molecule has 1 aromatic heterocycles. The lowest BCUT2D eigenvalue weighted by Crippen LogP contribution is -2.44. The van der Waals surface area contributed by atoms with E-state index in [-0.39, 0.29) is 23.7 Å². The summed E-state index contributed by atoms with van der Waals surface area (Å²) in [6.45, 7) is 4.16. The summed E-state index contributed by atoms with van der Waals surface area (Å²) >= 11 is 1.58. The third-order valence-electron chi connectivity index (χ3n) is 5.68. The Balaban J connectivity index is 1.79. The van der Waals surface area contributed by atoms with Gasteiger partial charge in [0.2, 0.25) is 15.8 Å². The van der Waals surface area contributed by atoms with E-state index in [1.807, 2.05) is 20.0 Å². The Morgan fingerprint density at radius 1 is 1.21 bits per heavy atom. The van der Waals surface area contributed by atoms with Crippen LogP contribution >= 0.6 is 11.3 Å².